The molecule has 0 spiro atoms. The average Bonchev–Trinajstić information content (AvgIpc) is 3.52. The monoisotopic (exact) mass is 1190 g/mol. The molecule has 0 radical (unpaired) electrons. The molecule has 502 valence electrons. The Morgan fingerprint density at radius 1 is 0.286 bits per heavy atom. The van der Waals surface area contributed by atoms with Crippen molar-refractivity contribution in [2.24, 2.45) is 11.8 Å². The molecule has 0 aliphatic carbocycles. The number of nitrogens with zero attached hydrogens (tertiary/aromatic N) is 3. The van der Waals surface area contributed by atoms with Gasteiger partial charge >= 0.3 is 11.9 Å². The van der Waals surface area contributed by atoms with Crippen LogP contribution in [0.1, 0.15) is 396 Å². The second kappa shape index (κ2) is 70.4. The Bertz CT molecular complexity index is 1240. The van der Waals surface area contributed by atoms with E-state index in [2.05, 4.69) is 63.3 Å². The van der Waals surface area contributed by atoms with Crippen LogP contribution in [-0.2, 0) is 23.9 Å². The summed E-state index contributed by atoms with van der Waals surface area (Å²) in [7, 11) is 2.28. The minimum absolute atomic E-state index is 0.0659. The zero-order chi connectivity index (χ0) is 61.9. The van der Waals surface area contributed by atoms with Gasteiger partial charge in [0.05, 0.1) is 25.0 Å². The van der Waals surface area contributed by atoms with E-state index < -0.39 is 0 Å². The number of rotatable bonds is 68. The summed E-state index contributed by atoms with van der Waals surface area (Å²) in [6.07, 6.45) is 64.0. The molecule has 8 heteroatoms. The van der Waals surface area contributed by atoms with Crippen molar-refractivity contribution in [3.63, 3.8) is 0 Å². The molecule has 0 aromatic heterocycles. The van der Waals surface area contributed by atoms with Gasteiger partial charge in [0.2, 0.25) is 5.91 Å². The first-order valence-electron chi connectivity index (χ1n) is 38.3. The highest BCUT2D eigenvalue weighted by atomic mass is 16.5. The fraction of sp³-hybridized carbons (Fsp3) is 0.961. The highest BCUT2D eigenvalue weighted by molar-refractivity contribution is 5.76. The minimum atomic E-state index is 0.0659. The van der Waals surface area contributed by atoms with Gasteiger partial charge in [-0.2, -0.15) is 0 Å². The number of carbonyl (C=O) groups is 3. The fourth-order valence-corrected chi connectivity index (χ4v) is 12.1. The first-order chi connectivity index (χ1) is 41.3. The molecule has 0 aliphatic rings. The van der Waals surface area contributed by atoms with E-state index in [1.54, 1.807) is 0 Å². The summed E-state index contributed by atoms with van der Waals surface area (Å²) in [5, 5.41) is 0. The minimum Gasteiger partial charge on any atom is -0.465 e. The van der Waals surface area contributed by atoms with Gasteiger partial charge in [-0.3, -0.25) is 14.4 Å². The summed E-state index contributed by atoms with van der Waals surface area (Å²) in [6, 6.07) is 0. The van der Waals surface area contributed by atoms with E-state index in [9.17, 15) is 14.4 Å². The van der Waals surface area contributed by atoms with E-state index >= 15 is 0 Å². The molecule has 0 heterocycles. The zero-order valence-electron chi connectivity index (χ0n) is 58.9. The molecule has 0 bridgehead atoms. The van der Waals surface area contributed by atoms with Crippen LogP contribution < -0.4 is 0 Å². The number of hydrogen-bond acceptors (Lipinski definition) is 7. The van der Waals surface area contributed by atoms with Crippen LogP contribution in [0.2, 0.25) is 0 Å². The molecule has 0 fully saturated rings. The molecule has 8 nitrogen and oxygen atoms in total. The summed E-state index contributed by atoms with van der Waals surface area (Å²) in [5.41, 5.74) is 0. The number of ether oxygens (including phenoxy) is 2. The van der Waals surface area contributed by atoms with Crippen LogP contribution in [0.5, 0.6) is 0 Å². The highest BCUT2D eigenvalue weighted by Gasteiger charge is 2.21. The van der Waals surface area contributed by atoms with Crippen LogP contribution in [0.4, 0.5) is 0 Å². The predicted molar refractivity (Wildman–Crippen MR) is 370 cm³/mol. The molecule has 0 saturated carbocycles. The molecule has 0 saturated heterocycles. The Morgan fingerprint density at radius 3 is 0.857 bits per heavy atom. The molecule has 2 unspecified atom stereocenters. The van der Waals surface area contributed by atoms with Gasteiger partial charge in [-0.15, -0.1) is 0 Å². The van der Waals surface area contributed by atoms with E-state index in [0.717, 1.165) is 149 Å². The third kappa shape index (κ3) is 59.3. The van der Waals surface area contributed by atoms with Crippen LogP contribution in [0.25, 0.3) is 0 Å². The van der Waals surface area contributed by atoms with Crippen molar-refractivity contribution in [3.05, 3.63) is 0 Å². The van der Waals surface area contributed by atoms with Crippen LogP contribution in [-0.4, -0.2) is 98.6 Å². The third-order valence-corrected chi connectivity index (χ3v) is 17.9. The molecule has 0 aliphatic heterocycles. The molecule has 0 rings (SSSR count). The van der Waals surface area contributed by atoms with Crippen LogP contribution >= 0.6 is 0 Å². The SMILES string of the molecule is CC.CCCCCCCCCCN(CCCCCCCCCC)C(=O)CCCCN(C)CCCCN(CCCCCCOC(=O)C(CCCCCC)CCCCCCCC)CCCCCCOC(=O)C(CCCCCC)CCCCCCCC. The standard InChI is InChI=1S/C74H147N3O5.C2H6/c1-8-14-20-26-30-32-36-49-66-77(67-50-37-33-31-27-21-15-9-2)72(78)60-46-51-61-75(7)62-52-53-65-76(63-47-38-40-54-68-81-73(79)70(56-42-24-18-12-5)58-44-34-28-22-16-10-3)64-48-39-41-55-69-82-74(80)71(57-43-25-19-13-6)59-45-35-29-23-17-11-4;1-2/h70-71H,8-69H2,1-7H3;1-2H3. The quantitative estimate of drug-likeness (QED) is 0.0443. The van der Waals surface area contributed by atoms with Crippen molar-refractivity contribution in [2.75, 3.05) is 66.1 Å². The maximum Gasteiger partial charge on any atom is 0.308 e. The topological polar surface area (TPSA) is 79.4 Å². The number of hydrogen-bond donors (Lipinski definition) is 0. The van der Waals surface area contributed by atoms with Gasteiger partial charge < -0.3 is 24.2 Å². The Kier molecular flexibility index (Phi) is 70.7. The Hall–Kier alpha value is -1.67. The number of esters is 2. The second-order valence-electron chi connectivity index (χ2n) is 26.0. The lowest BCUT2D eigenvalue weighted by Crippen LogP contribution is -2.33. The predicted octanol–water partition coefficient (Wildman–Crippen LogP) is 23.2. The molecule has 2 atom stereocenters. The summed E-state index contributed by atoms with van der Waals surface area (Å²) in [5.74, 6) is 0.692. The van der Waals surface area contributed by atoms with E-state index in [0.29, 0.717) is 25.5 Å². The molecule has 0 aromatic rings. The van der Waals surface area contributed by atoms with Crippen molar-refractivity contribution in [1.29, 1.82) is 0 Å². The van der Waals surface area contributed by atoms with E-state index in [-0.39, 0.29) is 23.8 Å². The van der Waals surface area contributed by atoms with Gasteiger partial charge in [0, 0.05) is 19.5 Å². The molecule has 1 amide bonds. The summed E-state index contributed by atoms with van der Waals surface area (Å²) >= 11 is 0. The van der Waals surface area contributed by atoms with Crippen molar-refractivity contribution < 1.29 is 23.9 Å². The van der Waals surface area contributed by atoms with E-state index in [4.69, 9.17) is 9.47 Å². The van der Waals surface area contributed by atoms with Crippen molar-refractivity contribution in [3.8, 4) is 0 Å². The normalized spacial score (nSPS) is 12.2. The van der Waals surface area contributed by atoms with Crippen LogP contribution in [0.3, 0.4) is 0 Å². The zero-order valence-corrected chi connectivity index (χ0v) is 58.9. The maximum atomic E-state index is 13.6. The van der Waals surface area contributed by atoms with Gasteiger partial charge in [0.15, 0.2) is 0 Å². The molecule has 84 heavy (non-hydrogen) atoms. The lowest BCUT2D eigenvalue weighted by atomic mass is 9.94. The smallest absolute Gasteiger partial charge is 0.308 e. The summed E-state index contributed by atoms with van der Waals surface area (Å²) in [6.45, 7) is 26.3. The molecule has 0 aromatic carbocycles. The lowest BCUT2D eigenvalue weighted by Gasteiger charge is -2.24. The molecular weight excluding hydrogens is 1030 g/mol. The average molecular weight is 1190 g/mol. The Morgan fingerprint density at radius 2 is 0.524 bits per heavy atom. The Labute approximate surface area is 527 Å². The van der Waals surface area contributed by atoms with E-state index in [1.807, 2.05) is 13.8 Å². The number of carbonyl (C=O) groups excluding carboxylic acids is 3. The van der Waals surface area contributed by atoms with Crippen molar-refractivity contribution in [1.82, 2.24) is 14.7 Å². The third-order valence-electron chi connectivity index (χ3n) is 17.9. The van der Waals surface area contributed by atoms with Crippen molar-refractivity contribution in [2.45, 2.75) is 396 Å². The Balaban J connectivity index is 0. The van der Waals surface area contributed by atoms with Gasteiger partial charge in [-0.1, -0.05) is 299 Å². The number of amides is 1. The van der Waals surface area contributed by atoms with Gasteiger partial charge in [0.1, 0.15) is 0 Å². The fourth-order valence-electron chi connectivity index (χ4n) is 12.1. The summed E-state index contributed by atoms with van der Waals surface area (Å²) in [4.78, 5) is 47.6. The maximum absolute atomic E-state index is 13.6. The van der Waals surface area contributed by atoms with Gasteiger partial charge in [-0.25, -0.2) is 0 Å². The van der Waals surface area contributed by atoms with Gasteiger partial charge in [-0.05, 0) is 130 Å². The van der Waals surface area contributed by atoms with E-state index in [1.165, 1.54) is 231 Å². The van der Waals surface area contributed by atoms with Crippen LogP contribution in [0.15, 0.2) is 0 Å². The molecule has 0 N–H and O–H groups in total. The van der Waals surface area contributed by atoms with Crippen LogP contribution in [0, 0.1) is 11.8 Å². The summed E-state index contributed by atoms with van der Waals surface area (Å²) < 4.78 is 11.9. The van der Waals surface area contributed by atoms with Crippen molar-refractivity contribution >= 4 is 17.8 Å². The largest absolute Gasteiger partial charge is 0.465 e. The number of unbranched alkanes of at least 4 members (excludes halogenated alkanes) is 38. The first kappa shape index (κ1) is 84.4. The molecular formula is C76H153N3O5. The first-order valence-corrected chi connectivity index (χ1v) is 38.3. The highest BCUT2D eigenvalue weighted by Crippen LogP contribution is 2.23. The lowest BCUT2D eigenvalue weighted by molar-refractivity contribution is -0.150. The second-order valence-corrected chi connectivity index (χ2v) is 26.0. The van der Waals surface area contributed by atoms with Gasteiger partial charge in [0.25, 0.3) is 0 Å².